The number of hydrogen-bond donors (Lipinski definition) is 1. The molecule has 0 bridgehead atoms. The van der Waals surface area contributed by atoms with E-state index in [1.54, 1.807) is 6.20 Å². The van der Waals surface area contributed by atoms with Crippen LogP contribution in [0, 0.1) is 0 Å². The summed E-state index contributed by atoms with van der Waals surface area (Å²) in [5.74, 6) is 1.51. The van der Waals surface area contributed by atoms with E-state index in [9.17, 15) is 0 Å². The zero-order chi connectivity index (χ0) is 9.97. The molecule has 5 heteroatoms. The smallest absolute Gasteiger partial charge is 0.200 e. The van der Waals surface area contributed by atoms with E-state index in [1.807, 2.05) is 19.1 Å². The number of pyridine rings is 1. The van der Waals surface area contributed by atoms with Crippen molar-refractivity contribution in [3.8, 4) is 11.5 Å². The molecular formula is C9H9BrN4. The molecule has 14 heavy (non-hydrogen) atoms. The van der Waals surface area contributed by atoms with E-state index in [-0.39, 0.29) is 0 Å². The molecule has 0 radical (unpaired) electrons. The monoisotopic (exact) mass is 252 g/mol. The van der Waals surface area contributed by atoms with Gasteiger partial charge in [0.05, 0.1) is 0 Å². The van der Waals surface area contributed by atoms with Gasteiger partial charge in [-0.05, 0) is 28.1 Å². The van der Waals surface area contributed by atoms with Gasteiger partial charge in [-0.15, -0.1) is 0 Å². The van der Waals surface area contributed by atoms with Crippen LogP contribution in [0.2, 0.25) is 0 Å². The Hall–Kier alpha value is -1.23. The van der Waals surface area contributed by atoms with Crippen molar-refractivity contribution in [2.24, 2.45) is 0 Å². The van der Waals surface area contributed by atoms with Crippen LogP contribution in [0.4, 0.5) is 0 Å². The van der Waals surface area contributed by atoms with Crippen LogP contribution >= 0.6 is 15.9 Å². The summed E-state index contributed by atoms with van der Waals surface area (Å²) >= 11 is 3.41. The predicted octanol–water partition coefficient (Wildman–Crippen LogP) is 2.19. The Morgan fingerprint density at radius 3 is 3.00 bits per heavy atom. The fourth-order valence-corrected chi connectivity index (χ4v) is 1.54. The zero-order valence-corrected chi connectivity index (χ0v) is 9.24. The third-order valence-corrected chi connectivity index (χ3v) is 2.48. The fraction of sp³-hybridized carbons (Fsp3) is 0.222. The number of H-pyrrole nitrogens is 1. The minimum absolute atomic E-state index is 0.634. The SMILES string of the molecule is CCc1nc(-c2ncccc2Br)n[nH]1. The van der Waals surface area contributed by atoms with Crippen LogP contribution in [-0.2, 0) is 6.42 Å². The normalized spacial score (nSPS) is 10.4. The summed E-state index contributed by atoms with van der Waals surface area (Å²) in [6.07, 6.45) is 2.57. The lowest BCUT2D eigenvalue weighted by Crippen LogP contribution is -1.87. The Bertz CT molecular complexity index is 438. The van der Waals surface area contributed by atoms with E-state index in [0.717, 1.165) is 22.4 Å². The molecular weight excluding hydrogens is 244 g/mol. The molecule has 1 N–H and O–H groups in total. The molecule has 0 unspecified atom stereocenters. The van der Waals surface area contributed by atoms with Crippen LogP contribution in [0.25, 0.3) is 11.5 Å². The molecule has 2 aromatic heterocycles. The highest BCUT2D eigenvalue weighted by atomic mass is 79.9. The summed E-state index contributed by atoms with van der Waals surface area (Å²) < 4.78 is 0.904. The second-order valence-corrected chi connectivity index (χ2v) is 3.65. The molecule has 0 aliphatic rings. The van der Waals surface area contributed by atoms with Crippen molar-refractivity contribution in [2.45, 2.75) is 13.3 Å². The number of aromatic nitrogens is 4. The average molecular weight is 253 g/mol. The highest BCUT2D eigenvalue weighted by Crippen LogP contribution is 2.21. The van der Waals surface area contributed by atoms with Gasteiger partial charge in [0.15, 0.2) is 0 Å². The summed E-state index contributed by atoms with van der Waals surface area (Å²) in [7, 11) is 0. The van der Waals surface area contributed by atoms with Gasteiger partial charge in [0.1, 0.15) is 11.5 Å². The van der Waals surface area contributed by atoms with Gasteiger partial charge in [0.2, 0.25) is 5.82 Å². The number of nitrogens with one attached hydrogen (secondary N) is 1. The predicted molar refractivity (Wildman–Crippen MR) is 56.7 cm³/mol. The van der Waals surface area contributed by atoms with Crippen molar-refractivity contribution in [2.75, 3.05) is 0 Å². The number of halogens is 1. The maximum absolute atomic E-state index is 4.30. The first-order valence-corrected chi connectivity index (χ1v) is 5.12. The Labute approximate surface area is 89.9 Å². The van der Waals surface area contributed by atoms with Gasteiger partial charge in [0.25, 0.3) is 0 Å². The van der Waals surface area contributed by atoms with Gasteiger partial charge in [0, 0.05) is 17.1 Å². The van der Waals surface area contributed by atoms with Crippen LogP contribution < -0.4 is 0 Å². The Kier molecular flexibility index (Phi) is 2.58. The summed E-state index contributed by atoms with van der Waals surface area (Å²) in [5, 5.41) is 6.95. The number of aryl methyl sites for hydroxylation is 1. The van der Waals surface area contributed by atoms with Crippen LogP contribution in [0.5, 0.6) is 0 Å². The van der Waals surface area contributed by atoms with E-state index < -0.39 is 0 Å². The topological polar surface area (TPSA) is 54.5 Å². The van der Waals surface area contributed by atoms with Crippen molar-refractivity contribution in [1.29, 1.82) is 0 Å². The van der Waals surface area contributed by atoms with Crippen molar-refractivity contribution in [3.63, 3.8) is 0 Å². The third kappa shape index (κ3) is 1.68. The number of rotatable bonds is 2. The molecule has 0 saturated carbocycles. The van der Waals surface area contributed by atoms with Crippen LogP contribution in [0.3, 0.4) is 0 Å². The highest BCUT2D eigenvalue weighted by Gasteiger charge is 2.08. The minimum Gasteiger partial charge on any atom is -0.263 e. The summed E-state index contributed by atoms with van der Waals surface area (Å²) in [6.45, 7) is 2.03. The Morgan fingerprint density at radius 2 is 2.36 bits per heavy atom. The van der Waals surface area contributed by atoms with E-state index >= 15 is 0 Å². The summed E-state index contributed by atoms with van der Waals surface area (Å²) in [5.41, 5.74) is 0.767. The Balaban J connectivity index is 2.44. The molecule has 0 aromatic carbocycles. The molecule has 0 amide bonds. The van der Waals surface area contributed by atoms with Crippen LogP contribution in [0.1, 0.15) is 12.7 Å². The maximum atomic E-state index is 4.30. The van der Waals surface area contributed by atoms with E-state index in [2.05, 4.69) is 36.1 Å². The van der Waals surface area contributed by atoms with Gasteiger partial charge in [-0.2, -0.15) is 5.10 Å². The second-order valence-electron chi connectivity index (χ2n) is 2.79. The lowest BCUT2D eigenvalue weighted by Gasteiger charge is -1.95. The number of aromatic amines is 1. The zero-order valence-electron chi connectivity index (χ0n) is 7.66. The molecule has 0 spiro atoms. The molecule has 0 saturated heterocycles. The molecule has 0 aliphatic carbocycles. The largest absolute Gasteiger partial charge is 0.263 e. The van der Waals surface area contributed by atoms with Gasteiger partial charge < -0.3 is 0 Å². The lowest BCUT2D eigenvalue weighted by atomic mass is 10.3. The van der Waals surface area contributed by atoms with Crippen molar-refractivity contribution < 1.29 is 0 Å². The van der Waals surface area contributed by atoms with Gasteiger partial charge in [-0.25, -0.2) is 4.98 Å². The molecule has 2 aromatic rings. The molecule has 0 atom stereocenters. The first kappa shape index (κ1) is 9.33. The molecule has 0 fully saturated rings. The highest BCUT2D eigenvalue weighted by molar-refractivity contribution is 9.10. The number of hydrogen-bond acceptors (Lipinski definition) is 3. The van der Waals surface area contributed by atoms with Crippen molar-refractivity contribution in [1.82, 2.24) is 20.2 Å². The molecule has 2 rings (SSSR count). The van der Waals surface area contributed by atoms with Gasteiger partial charge in [-0.1, -0.05) is 6.92 Å². The van der Waals surface area contributed by atoms with E-state index in [0.29, 0.717) is 5.82 Å². The first-order valence-electron chi connectivity index (χ1n) is 4.33. The summed E-state index contributed by atoms with van der Waals surface area (Å²) in [4.78, 5) is 8.50. The standard InChI is InChI=1S/C9H9BrN4/c1-2-7-12-9(14-13-7)8-6(10)4-3-5-11-8/h3-5H,2H2,1H3,(H,12,13,14). The molecule has 4 nitrogen and oxygen atoms in total. The quantitative estimate of drug-likeness (QED) is 0.892. The maximum Gasteiger partial charge on any atom is 0.200 e. The van der Waals surface area contributed by atoms with Crippen LogP contribution in [-0.4, -0.2) is 20.2 Å². The van der Waals surface area contributed by atoms with Gasteiger partial charge >= 0.3 is 0 Å². The third-order valence-electron chi connectivity index (χ3n) is 1.84. The molecule has 2 heterocycles. The first-order chi connectivity index (χ1) is 6.81. The molecule has 0 aliphatic heterocycles. The summed E-state index contributed by atoms with van der Waals surface area (Å²) in [6, 6.07) is 3.78. The number of nitrogens with zero attached hydrogens (tertiary/aromatic N) is 3. The second kappa shape index (κ2) is 3.88. The minimum atomic E-state index is 0.634. The van der Waals surface area contributed by atoms with Crippen molar-refractivity contribution >= 4 is 15.9 Å². The fourth-order valence-electron chi connectivity index (χ4n) is 1.11. The van der Waals surface area contributed by atoms with E-state index in [4.69, 9.17) is 0 Å². The van der Waals surface area contributed by atoms with Crippen LogP contribution in [0.15, 0.2) is 22.8 Å². The van der Waals surface area contributed by atoms with Crippen molar-refractivity contribution in [3.05, 3.63) is 28.6 Å². The van der Waals surface area contributed by atoms with E-state index in [1.165, 1.54) is 0 Å². The van der Waals surface area contributed by atoms with Gasteiger partial charge in [-0.3, -0.25) is 10.1 Å². The Morgan fingerprint density at radius 1 is 1.50 bits per heavy atom. The lowest BCUT2D eigenvalue weighted by molar-refractivity contribution is 0.946. The average Bonchev–Trinajstić information content (AvgIpc) is 2.67. The molecule has 72 valence electrons.